The van der Waals surface area contributed by atoms with Crippen molar-refractivity contribution in [3.05, 3.63) is 192 Å². The van der Waals surface area contributed by atoms with Gasteiger partial charge in [0.2, 0.25) is 0 Å². The van der Waals surface area contributed by atoms with Crippen molar-refractivity contribution in [2.75, 3.05) is 0 Å². The summed E-state index contributed by atoms with van der Waals surface area (Å²) in [5, 5.41) is 10.0. The molecule has 2 aliphatic rings. The maximum atomic E-state index is 10.0. The summed E-state index contributed by atoms with van der Waals surface area (Å²) in [7, 11) is 0. The zero-order chi connectivity index (χ0) is 32.5. The lowest BCUT2D eigenvalue weighted by Gasteiger charge is -2.39. The van der Waals surface area contributed by atoms with Crippen LogP contribution in [0.2, 0.25) is 0 Å². The van der Waals surface area contributed by atoms with Crippen LogP contribution in [0.25, 0.3) is 50.4 Å². The van der Waals surface area contributed by atoms with E-state index in [2.05, 4.69) is 132 Å². The van der Waals surface area contributed by atoms with Gasteiger partial charge in [-0.3, -0.25) is 4.57 Å². The number of ether oxygens (including phenoxy) is 1. The van der Waals surface area contributed by atoms with Crippen molar-refractivity contribution in [2.45, 2.75) is 5.41 Å². The van der Waals surface area contributed by atoms with Gasteiger partial charge in [0.1, 0.15) is 17.3 Å². The number of hydrogen-bond donors (Lipinski definition) is 0. The van der Waals surface area contributed by atoms with Gasteiger partial charge in [0, 0.05) is 22.4 Å². The summed E-state index contributed by atoms with van der Waals surface area (Å²) in [4.78, 5) is 5.03. The van der Waals surface area contributed by atoms with Gasteiger partial charge in [0.25, 0.3) is 0 Å². The van der Waals surface area contributed by atoms with Crippen molar-refractivity contribution < 1.29 is 4.74 Å². The van der Waals surface area contributed by atoms with E-state index in [9.17, 15) is 5.26 Å². The number of fused-ring (bicyclic) bond motifs is 10. The predicted molar refractivity (Wildman–Crippen MR) is 194 cm³/mol. The number of nitriles is 1. The molecule has 0 saturated carbocycles. The Balaban J connectivity index is 1.17. The van der Waals surface area contributed by atoms with Crippen LogP contribution in [-0.4, -0.2) is 9.55 Å². The fourth-order valence-corrected chi connectivity index (χ4v) is 8.02. The van der Waals surface area contributed by atoms with E-state index in [-0.39, 0.29) is 0 Å². The fraction of sp³-hybridized carbons (Fsp3) is 0.0222. The van der Waals surface area contributed by atoms with E-state index in [0.717, 1.165) is 73.0 Å². The molecule has 0 amide bonds. The third-order valence-electron chi connectivity index (χ3n) is 10.1. The van der Waals surface area contributed by atoms with E-state index in [0.29, 0.717) is 5.56 Å². The Labute approximate surface area is 283 Å². The first-order valence-corrected chi connectivity index (χ1v) is 16.4. The van der Waals surface area contributed by atoms with Gasteiger partial charge in [0.15, 0.2) is 0 Å². The minimum absolute atomic E-state index is 0.640. The molecule has 0 unspecified atom stereocenters. The van der Waals surface area contributed by atoms with Crippen LogP contribution in [0.4, 0.5) is 0 Å². The van der Waals surface area contributed by atoms with Crippen LogP contribution in [0.5, 0.6) is 11.5 Å². The van der Waals surface area contributed by atoms with Gasteiger partial charge < -0.3 is 4.74 Å². The van der Waals surface area contributed by atoms with Gasteiger partial charge >= 0.3 is 0 Å². The standard InChI is InChI=1S/C45H27N3O/c46-28-29-18-24-34-35-25-21-32(27-39(35)45(38(34)26-29)36-12-4-8-16-42(36)49-43-17-9-5-13-37(43)45)30-19-22-33(23-20-30)48-41-15-7-6-14-40(41)47-44(48)31-10-2-1-3-11-31/h1-27H. The van der Waals surface area contributed by atoms with Crippen molar-refractivity contribution in [3.8, 4) is 56.9 Å². The van der Waals surface area contributed by atoms with E-state index >= 15 is 0 Å². The molecule has 8 aromatic rings. The monoisotopic (exact) mass is 625 g/mol. The highest BCUT2D eigenvalue weighted by atomic mass is 16.5. The number of imidazole rings is 1. The number of benzene rings is 7. The molecule has 10 rings (SSSR count). The highest BCUT2D eigenvalue weighted by molar-refractivity contribution is 5.91. The molecule has 2 heterocycles. The fourth-order valence-electron chi connectivity index (χ4n) is 8.02. The number of para-hydroxylation sites is 4. The maximum Gasteiger partial charge on any atom is 0.145 e. The second-order valence-electron chi connectivity index (χ2n) is 12.6. The summed E-state index contributed by atoms with van der Waals surface area (Å²) < 4.78 is 8.76. The zero-order valence-electron chi connectivity index (χ0n) is 26.3. The first kappa shape index (κ1) is 27.4. The molecule has 49 heavy (non-hydrogen) atoms. The van der Waals surface area contributed by atoms with Gasteiger partial charge in [0.05, 0.1) is 28.1 Å². The first-order valence-electron chi connectivity index (χ1n) is 16.4. The Kier molecular flexibility index (Phi) is 5.82. The molecular formula is C45H27N3O. The quantitative estimate of drug-likeness (QED) is 0.196. The highest BCUT2D eigenvalue weighted by Gasteiger charge is 2.51. The molecule has 1 spiro atoms. The molecule has 1 aliphatic heterocycles. The molecule has 4 heteroatoms. The summed E-state index contributed by atoms with van der Waals surface area (Å²) >= 11 is 0. The van der Waals surface area contributed by atoms with Crippen LogP contribution < -0.4 is 4.74 Å². The molecule has 4 nitrogen and oxygen atoms in total. The first-order chi connectivity index (χ1) is 24.2. The highest BCUT2D eigenvalue weighted by Crippen LogP contribution is 2.62. The number of rotatable bonds is 3. The molecule has 1 aliphatic carbocycles. The minimum atomic E-state index is -0.640. The second-order valence-corrected chi connectivity index (χ2v) is 12.6. The number of aromatic nitrogens is 2. The molecule has 228 valence electrons. The van der Waals surface area contributed by atoms with Crippen molar-refractivity contribution in [2.24, 2.45) is 0 Å². The van der Waals surface area contributed by atoms with E-state index in [1.54, 1.807) is 0 Å². The van der Waals surface area contributed by atoms with Crippen LogP contribution >= 0.6 is 0 Å². The Bertz CT molecular complexity index is 2600. The van der Waals surface area contributed by atoms with Crippen LogP contribution in [-0.2, 0) is 5.41 Å². The Hall–Kier alpha value is -6.70. The van der Waals surface area contributed by atoms with Gasteiger partial charge in [-0.25, -0.2) is 4.98 Å². The summed E-state index contributed by atoms with van der Waals surface area (Å²) in [5.74, 6) is 2.58. The van der Waals surface area contributed by atoms with Crippen LogP contribution in [0, 0.1) is 11.3 Å². The van der Waals surface area contributed by atoms with Crippen LogP contribution in [0.3, 0.4) is 0 Å². The smallest absolute Gasteiger partial charge is 0.145 e. The molecule has 0 saturated heterocycles. The van der Waals surface area contributed by atoms with Crippen LogP contribution in [0.1, 0.15) is 27.8 Å². The van der Waals surface area contributed by atoms with Gasteiger partial charge in [-0.05, 0) is 88.0 Å². The zero-order valence-corrected chi connectivity index (χ0v) is 26.3. The molecule has 0 N–H and O–H groups in total. The van der Waals surface area contributed by atoms with Gasteiger partial charge in [-0.15, -0.1) is 0 Å². The Morgan fingerprint density at radius 3 is 1.88 bits per heavy atom. The number of nitrogens with zero attached hydrogens (tertiary/aromatic N) is 3. The molecule has 0 atom stereocenters. The summed E-state index contributed by atoms with van der Waals surface area (Å²) in [6.07, 6.45) is 0. The maximum absolute atomic E-state index is 10.0. The van der Waals surface area contributed by atoms with E-state index < -0.39 is 5.41 Å². The predicted octanol–water partition coefficient (Wildman–Crippen LogP) is 10.7. The Morgan fingerprint density at radius 2 is 1.14 bits per heavy atom. The van der Waals surface area contributed by atoms with Crippen molar-refractivity contribution in [1.29, 1.82) is 5.26 Å². The Morgan fingerprint density at radius 1 is 0.531 bits per heavy atom. The summed E-state index contributed by atoms with van der Waals surface area (Å²) in [5.41, 5.74) is 13.2. The lowest BCUT2D eigenvalue weighted by molar-refractivity contribution is 0.436. The largest absolute Gasteiger partial charge is 0.457 e. The molecule has 7 aromatic carbocycles. The lowest BCUT2D eigenvalue weighted by Crippen LogP contribution is -2.32. The summed E-state index contributed by atoms with van der Waals surface area (Å²) in [6.45, 7) is 0. The lowest BCUT2D eigenvalue weighted by atomic mass is 9.65. The van der Waals surface area contributed by atoms with E-state index in [4.69, 9.17) is 9.72 Å². The van der Waals surface area contributed by atoms with Gasteiger partial charge in [-0.1, -0.05) is 109 Å². The average Bonchev–Trinajstić information content (AvgIpc) is 3.69. The third kappa shape index (κ3) is 3.88. The normalized spacial score (nSPS) is 13.2. The van der Waals surface area contributed by atoms with Crippen molar-refractivity contribution >= 4 is 11.0 Å². The molecule has 1 aromatic heterocycles. The van der Waals surface area contributed by atoms with E-state index in [1.807, 2.05) is 42.5 Å². The summed E-state index contributed by atoms with van der Waals surface area (Å²) in [6, 6.07) is 59.4. The molecular weight excluding hydrogens is 599 g/mol. The minimum Gasteiger partial charge on any atom is -0.457 e. The average molecular weight is 626 g/mol. The SMILES string of the molecule is N#Cc1ccc2c(c1)C1(c3ccccc3Oc3ccccc31)c1cc(-c3ccc(-n4c(-c5ccccc5)nc5ccccc54)cc3)ccc1-2. The third-order valence-corrected chi connectivity index (χ3v) is 10.1. The molecule has 0 bridgehead atoms. The van der Waals surface area contributed by atoms with Crippen molar-refractivity contribution in [3.63, 3.8) is 0 Å². The van der Waals surface area contributed by atoms with Crippen molar-refractivity contribution in [1.82, 2.24) is 9.55 Å². The molecule has 0 fully saturated rings. The van der Waals surface area contributed by atoms with Crippen LogP contribution in [0.15, 0.2) is 164 Å². The van der Waals surface area contributed by atoms with E-state index in [1.165, 1.54) is 11.1 Å². The van der Waals surface area contributed by atoms with Gasteiger partial charge in [-0.2, -0.15) is 5.26 Å². The topological polar surface area (TPSA) is 50.8 Å². The number of hydrogen-bond acceptors (Lipinski definition) is 3. The second kappa shape index (κ2) is 10.4. The molecule has 0 radical (unpaired) electrons.